The average molecular weight is 512 g/mol. The third-order valence-corrected chi connectivity index (χ3v) is 8.58. The Hall–Kier alpha value is -2.97. The smallest absolute Gasteiger partial charge is 0.173 e. The first-order chi connectivity index (χ1) is 18.3. The number of thioether (sulfide) groups is 1. The lowest BCUT2D eigenvalue weighted by atomic mass is 9.86. The monoisotopic (exact) mass is 511 g/mol. The van der Waals surface area contributed by atoms with E-state index in [-0.39, 0.29) is 0 Å². The van der Waals surface area contributed by atoms with Gasteiger partial charge in [-0.15, -0.1) is 0 Å². The maximum Gasteiger partial charge on any atom is 0.173 e. The van der Waals surface area contributed by atoms with Crippen LogP contribution in [0.15, 0.2) is 66.2 Å². The highest BCUT2D eigenvalue weighted by Gasteiger charge is 2.18. The fourth-order valence-electron chi connectivity index (χ4n) is 5.26. The lowest BCUT2D eigenvalue weighted by molar-refractivity contribution is 0.298. The average Bonchev–Trinajstić information content (AvgIpc) is 3.34. The van der Waals surface area contributed by atoms with Crippen LogP contribution in [0.5, 0.6) is 5.75 Å². The molecule has 192 valence electrons. The SMILES string of the molecule is Cc1cc(OCc2cnc(SC3C=CCCC3)n2-c2cccnc2)ccc1C#CCCC1CCCCC1. The Labute approximate surface area is 226 Å². The second-order valence-corrected chi connectivity index (χ2v) is 11.4. The van der Waals surface area contributed by atoms with Crippen LogP contribution in [0.2, 0.25) is 0 Å². The first-order valence-electron chi connectivity index (χ1n) is 13.8. The van der Waals surface area contributed by atoms with Crippen LogP contribution in [-0.2, 0) is 6.61 Å². The van der Waals surface area contributed by atoms with Crippen molar-refractivity contribution in [3.05, 3.63) is 77.9 Å². The van der Waals surface area contributed by atoms with Crippen molar-refractivity contribution in [2.45, 2.75) is 88.1 Å². The number of aryl methyl sites for hydroxylation is 1. The van der Waals surface area contributed by atoms with E-state index in [1.54, 1.807) is 6.20 Å². The molecule has 2 aliphatic carbocycles. The van der Waals surface area contributed by atoms with E-state index in [0.29, 0.717) is 11.9 Å². The van der Waals surface area contributed by atoms with E-state index in [0.717, 1.165) is 45.8 Å². The van der Waals surface area contributed by atoms with Gasteiger partial charge in [0.05, 0.1) is 23.8 Å². The van der Waals surface area contributed by atoms with Gasteiger partial charge in [0.25, 0.3) is 0 Å². The lowest BCUT2D eigenvalue weighted by Gasteiger charge is -2.20. The highest BCUT2D eigenvalue weighted by Crippen LogP contribution is 2.32. The van der Waals surface area contributed by atoms with Crippen molar-refractivity contribution in [1.29, 1.82) is 0 Å². The molecule has 0 spiro atoms. The summed E-state index contributed by atoms with van der Waals surface area (Å²) in [5, 5.41) is 1.44. The Balaban J connectivity index is 1.24. The number of aromatic nitrogens is 3. The molecule has 5 heteroatoms. The van der Waals surface area contributed by atoms with E-state index in [1.165, 1.54) is 57.8 Å². The van der Waals surface area contributed by atoms with E-state index in [1.807, 2.05) is 36.3 Å². The number of imidazole rings is 1. The summed E-state index contributed by atoms with van der Waals surface area (Å²) >= 11 is 1.82. The van der Waals surface area contributed by atoms with Gasteiger partial charge in [0.1, 0.15) is 12.4 Å². The molecule has 1 unspecified atom stereocenters. The van der Waals surface area contributed by atoms with E-state index < -0.39 is 0 Å². The van der Waals surface area contributed by atoms with Crippen molar-refractivity contribution in [3.63, 3.8) is 0 Å². The summed E-state index contributed by atoms with van der Waals surface area (Å²) in [6, 6.07) is 10.3. The van der Waals surface area contributed by atoms with Gasteiger partial charge in [-0.3, -0.25) is 9.55 Å². The van der Waals surface area contributed by atoms with Crippen molar-refractivity contribution in [2.75, 3.05) is 0 Å². The first-order valence-corrected chi connectivity index (χ1v) is 14.7. The molecule has 5 rings (SSSR count). The van der Waals surface area contributed by atoms with Crippen LogP contribution in [0, 0.1) is 24.7 Å². The van der Waals surface area contributed by atoms with E-state index in [9.17, 15) is 0 Å². The second kappa shape index (κ2) is 13.0. The molecule has 0 saturated heterocycles. The number of allylic oxidation sites excluding steroid dienone is 1. The normalized spacial score (nSPS) is 17.8. The predicted molar refractivity (Wildman–Crippen MR) is 152 cm³/mol. The van der Waals surface area contributed by atoms with Crippen molar-refractivity contribution in [2.24, 2.45) is 5.92 Å². The van der Waals surface area contributed by atoms with Crippen molar-refractivity contribution in [1.82, 2.24) is 14.5 Å². The molecule has 2 aromatic heterocycles. The Morgan fingerprint density at radius 3 is 2.78 bits per heavy atom. The van der Waals surface area contributed by atoms with Gasteiger partial charge in [0.2, 0.25) is 0 Å². The molecule has 1 saturated carbocycles. The highest BCUT2D eigenvalue weighted by molar-refractivity contribution is 7.99. The standard InChI is InChI=1S/C32H37N3OS/c1-25-21-30(19-18-27(25)14-9-8-13-26-11-4-2-5-12-26)36-24-29-23-34-32(37-31-16-6-3-7-17-31)35(29)28-15-10-20-33-22-28/h6,10,15-16,18-23,26,31H,2-5,7-8,11-13,17,24H2,1H3. The van der Waals surface area contributed by atoms with E-state index >= 15 is 0 Å². The number of pyridine rings is 1. The van der Waals surface area contributed by atoms with Crippen LogP contribution >= 0.6 is 11.8 Å². The van der Waals surface area contributed by atoms with E-state index in [2.05, 4.69) is 58.7 Å². The summed E-state index contributed by atoms with van der Waals surface area (Å²) in [5.41, 5.74) is 4.27. The summed E-state index contributed by atoms with van der Waals surface area (Å²) < 4.78 is 8.43. The summed E-state index contributed by atoms with van der Waals surface area (Å²) in [6.07, 6.45) is 23.1. The molecule has 3 aromatic rings. The van der Waals surface area contributed by atoms with Crippen molar-refractivity contribution in [3.8, 4) is 23.3 Å². The first kappa shape index (κ1) is 25.7. The molecule has 1 atom stereocenters. The summed E-state index contributed by atoms with van der Waals surface area (Å²) in [4.78, 5) is 9.11. The molecule has 1 aromatic carbocycles. The van der Waals surface area contributed by atoms with Crippen LogP contribution in [0.25, 0.3) is 5.69 Å². The molecule has 1 fully saturated rings. The highest BCUT2D eigenvalue weighted by atomic mass is 32.2. The zero-order chi connectivity index (χ0) is 25.3. The molecule has 0 N–H and O–H groups in total. The van der Waals surface area contributed by atoms with Crippen molar-refractivity contribution >= 4 is 11.8 Å². The summed E-state index contributed by atoms with van der Waals surface area (Å²) in [6.45, 7) is 2.55. The van der Waals surface area contributed by atoms with Gasteiger partial charge in [-0.05, 0) is 74.4 Å². The van der Waals surface area contributed by atoms with Gasteiger partial charge in [-0.1, -0.05) is 67.9 Å². The molecule has 4 nitrogen and oxygen atoms in total. The Morgan fingerprint density at radius 1 is 1.08 bits per heavy atom. The fourth-order valence-corrected chi connectivity index (χ4v) is 6.45. The number of benzene rings is 1. The number of nitrogens with zero attached hydrogens (tertiary/aromatic N) is 3. The van der Waals surface area contributed by atoms with Crippen LogP contribution < -0.4 is 4.74 Å². The second-order valence-electron chi connectivity index (χ2n) is 10.2. The largest absolute Gasteiger partial charge is 0.487 e. The van der Waals surface area contributed by atoms with E-state index in [4.69, 9.17) is 9.72 Å². The third kappa shape index (κ3) is 7.08. The Kier molecular flexibility index (Phi) is 9.03. The molecule has 2 heterocycles. The molecule has 0 amide bonds. The minimum Gasteiger partial charge on any atom is -0.487 e. The van der Waals surface area contributed by atoms with Crippen LogP contribution in [0.1, 0.15) is 81.0 Å². The van der Waals surface area contributed by atoms with Gasteiger partial charge < -0.3 is 4.74 Å². The Bertz CT molecular complexity index is 1250. The maximum absolute atomic E-state index is 6.25. The molecule has 2 aliphatic rings. The van der Waals surface area contributed by atoms with Crippen molar-refractivity contribution < 1.29 is 4.74 Å². The molecule has 0 radical (unpaired) electrons. The fraction of sp³-hybridized carbons (Fsp3) is 0.438. The predicted octanol–water partition coefficient (Wildman–Crippen LogP) is 8.07. The number of hydrogen-bond donors (Lipinski definition) is 0. The van der Waals surface area contributed by atoms with Gasteiger partial charge in [0, 0.05) is 23.4 Å². The maximum atomic E-state index is 6.25. The van der Waals surface area contributed by atoms with Crippen LogP contribution in [-0.4, -0.2) is 19.8 Å². The Morgan fingerprint density at radius 2 is 2.00 bits per heavy atom. The number of ether oxygens (including phenoxy) is 1. The zero-order valence-corrected chi connectivity index (χ0v) is 22.7. The van der Waals surface area contributed by atoms with Gasteiger partial charge >= 0.3 is 0 Å². The zero-order valence-electron chi connectivity index (χ0n) is 21.9. The minimum absolute atomic E-state index is 0.439. The molecular formula is C32H37N3OS. The van der Waals surface area contributed by atoms with Gasteiger partial charge in [-0.2, -0.15) is 0 Å². The van der Waals surface area contributed by atoms with Gasteiger partial charge in [0.15, 0.2) is 5.16 Å². The topological polar surface area (TPSA) is 39.9 Å². The lowest BCUT2D eigenvalue weighted by Crippen LogP contribution is -2.08. The minimum atomic E-state index is 0.439. The van der Waals surface area contributed by atoms with Gasteiger partial charge in [-0.25, -0.2) is 4.98 Å². The summed E-state index contributed by atoms with van der Waals surface area (Å²) in [5.74, 6) is 8.55. The molecule has 0 aliphatic heterocycles. The number of hydrogen-bond acceptors (Lipinski definition) is 4. The molecule has 0 bridgehead atoms. The number of rotatable bonds is 8. The molecular weight excluding hydrogens is 474 g/mol. The summed E-state index contributed by atoms with van der Waals surface area (Å²) in [7, 11) is 0. The van der Waals surface area contributed by atoms with Crippen LogP contribution in [0.3, 0.4) is 0 Å². The van der Waals surface area contributed by atoms with Crippen LogP contribution in [0.4, 0.5) is 0 Å². The molecule has 37 heavy (non-hydrogen) atoms. The quantitative estimate of drug-likeness (QED) is 0.226. The third-order valence-electron chi connectivity index (χ3n) is 7.38.